The van der Waals surface area contributed by atoms with Crippen molar-refractivity contribution in [2.75, 3.05) is 11.9 Å². The number of rotatable bonds is 10. The predicted octanol–water partition coefficient (Wildman–Crippen LogP) is 6.52. The summed E-state index contributed by atoms with van der Waals surface area (Å²) < 4.78 is 19.9. The number of aromatic nitrogens is 1. The standard InChI is InChI=1S/C30H33FN2O4/c1-3-37-26-15-24(17-32-18-26)20-8-10-22(11-9-20)29(21-6-4-5-7-21)30(36)33-27-16-25(31)14-23(19(27)2)12-13-28(34)35/h8-11,14-18,21,29H,3-7,12-13H2,1-2H3,(H,33,36)(H,34,35)/t29-/m1/s1. The Morgan fingerprint density at radius 1 is 1.11 bits per heavy atom. The van der Waals surface area contributed by atoms with Crippen LogP contribution in [0.25, 0.3) is 11.1 Å². The number of halogens is 1. The van der Waals surface area contributed by atoms with Crippen molar-refractivity contribution in [2.45, 2.75) is 58.3 Å². The molecule has 7 heteroatoms. The Morgan fingerprint density at radius 3 is 2.51 bits per heavy atom. The van der Waals surface area contributed by atoms with E-state index in [4.69, 9.17) is 9.84 Å². The van der Waals surface area contributed by atoms with Gasteiger partial charge in [-0.2, -0.15) is 0 Å². The van der Waals surface area contributed by atoms with Gasteiger partial charge < -0.3 is 15.2 Å². The quantitative estimate of drug-likeness (QED) is 0.328. The molecule has 1 heterocycles. The van der Waals surface area contributed by atoms with E-state index in [0.717, 1.165) is 42.4 Å². The zero-order valence-corrected chi connectivity index (χ0v) is 21.3. The van der Waals surface area contributed by atoms with Gasteiger partial charge in [-0.1, -0.05) is 37.1 Å². The summed E-state index contributed by atoms with van der Waals surface area (Å²) >= 11 is 0. The first-order valence-electron chi connectivity index (χ1n) is 12.9. The van der Waals surface area contributed by atoms with Crippen molar-refractivity contribution in [3.05, 3.63) is 77.4 Å². The fraction of sp³-hybridized carbons (Fsp3) is 0.367. The van der Waals surface area contributed by atoms with Gasteiger partial charge in [-0.25, -0.2) is 4.39 Å². The Morgan fingerprint density at radius 2 is 1.84 bits per heavy atom. The number of carboxylic acids is 1. The van der Waals surface area contributed by atoms with Crippen LogP contribution >= 0.6 is 0 Å². The fourth-order valence-corrected chi connectivity index (χ4v) is 5.21. The molecule has 1 aromatic heterocycles. The number of hydrogen-bond acceptors (Lipinski definition) is 4. The number of pyridine rings is 1. The van der Waals surface area contributed by atoms with Crippen LogP contribution in [0.5, 0.6) is 5.75 Å². The van der Waals surface area contributed by atoms with Gasteiger partial charge in [-0.3, -0.25) is 14.6 Å². The third-order valence-corrected chi connectivity index (χ3v) is 7.13. The van der Waals surface area contributed by atoms with E-state index in [-0.39, 0.29) is 30.6 Å². The number of amides is 1. The lowest BCUT2D eigenvalue weighted by atomic mass is 9.83. The molecule has 3 aromatic rings. The third-order valence-electron chi connectivity index (χ3n) is 7.13. The Hall–Kier alpha value is -3.74. The second-order valence-electron chi connectivity index (χ2n) is 9.61. The molecule has 0 unspecified atom stereocenters. The highest BCUT2D eigenvalue weighted by Gasteiger charge is 2.32. The second-order valence-corrected chi connectivity index (χ2v) is 9.61. The van der Waals surface area contributed by atoms with Crippen LogP contribution in [-0.4, -0.2) is 28.6 Å². The molecule has 0 saturated heterocycles. The van der Waals surface area contributed by atoms with E-state index in [9.17, 15) is 14.0 Å². The van der Waals surface area contributed by atoms with Gasteiger partial charge >= 0.3 is 5.97 Å². The van der Waals surface area contributed by atoms with Crippen LogP contribution in [0.4, 0.5) is 10.1 Å². The van der Waals surface area contributed by atoms with Crippen LogP contribution in [0.1, 0.15) is 61.6 Å². The largest absolute Gasteiger partial charge is 0.492 e. The molecule has 0 aliphatic heterocycles. The summed E-state index contributed by atoms with van der Waals surface area (Å²) in [7, 11) is 0. The van der Waals surface area contributed by atoms with Crippen molar-refractivity contribution in [3.8, 4) is 16.9 Å². The van der Waals surface area contributed by atoms with Gasteiger partial charge in [0, 0.05) is 23.9 Å². The zero-order chi connectivity index (χ0) is 26.4. The summed E-state index contributed by atoms with van der Waals surface area (Å²) in [6, 6.07) is 12.6. The number of anilines is 1. The molecule has 1 fully saturated rings. The summed E-state index contributed by atoms with van der Waals surface area (Å²) in [4.78, 5) is 28.9. The van der Waals surface area contributed by atoms with Gasteiger partial charge in [-0.15, -0.1) is 0 Å². The van der Waals surface area contributed by atoms with Crippen LogP contribution in [0.3, 0.4) is 0 Å². The molecule has 0 spiro atoms. The molecule has 1 aliphatic carbocycles. The molecule has 0 radical (unpaired) electrons. The molecule has 2 N–H and O–H groups in total. The van der Waals surface area contributed by atoms with Gasteiger partial charge in [0.2, 0.25) is 5.91 Å². The summed E-state index contributed by atoms with van der Waals surface area (Å²) in [5.74, 6) is -1.06. The number of aliphatic carboxylic acids is 1. The van der Waals surface area contributed by atoms with Gasteiger partial charge in [0.15, 0.2) is 0 Å². The van der Waals surface area contributed by atoms with E-state index >= 15 is 0 Å². The van der Waals surface area contributed by atoms with E-state index < -0.39 is 11.8 Å². The summed E-state index contributed by atoms with van der Waals surface area (Å²) in [5.41, 5.74) is 4.50. The number of ether oxygens (including phenoxy) is 1. The van der Waals surface area contributed by atoms with E-state index in [1.54, 1.807) is 19.3 Å². The number of carbonyl (C=O) groups excluding carboxylic acids is 1. The fourth-order valence-electron chi connectivity index (χ4n) is 5.21. The molecule has 4 rings (SSSR count). The van der Waals surface area contributed by atoms with Crippen molar-refractivity contribution in [3.63, 3.8) is 0 Å². The van der Waals surface area contributed by atoms with Crippen LogP contribution in [0.15, 0.2) is 54.9 Å². The minimum atomic E-state index is -0.945. The predicted molar refractivity (Wildman–Crippen MR) is 141 cm³/mol. The first kappa shape index (κ1) is 26.3. The van der Waals surface area contributed by atoms with Gasteiger partial charge in [0.05, 0.1) is 18.7 Å². The summed E-state index contributed by atoms with van der Waals surface area (Å²) in [6.07, 6.45) is 7.67. The molecule has 37 heavy (non-hydrogen) atoms. The molecule has 1 amide bonds. The first-order valence-corrected chi connectivity index (χ1v) is 12.9. The minimum absolute atomic E-state index is 0.0995. The zero-order valence-electron chi connectivity index (χ0n) is 21.3. The lowest BCUT2D eigenvalue weighted by Crippen LogP contribution is -2.27. The van der Waals surface area contributed by atoms with Gasteiger partial charge in [0.25, 0.3) is 0 Å². The SMILES string of the molecule is CCOc1cncc(-c2ccc([C@H](C(=O)Nc3cc(F)cc(CCC(=O)O)c3C)C3CCCC3)cc2)c1. The Labute approximate surface area is 216 Å². The minimum Gasteiger partial charge on any atom is -0.492 e. The Bertz CT molecular complexity index is 1250. The lowest BCUT2D eigenvalue weighted by Gasteiger charge is -2.24. The molecular weight excluding hydrogens is 471 g/mol. The highest BCUT2D eigenvalue weighted by molar-refractivity contribution is 5.97. The number of hydrogen-bond donors (Lipinski definition) is 2. The van der Waals surface area contributed by atoms with Crippen LogP contribution < -0.4 is 10.1 Å². The van der Waals surface area contributed by atoms with Crippen molar-refractivity contribution in [2.24, 2.45) is 5.92 Å². The van der Waals surface area contributed by atoms with E-state index in [2.05, 4.69) is 10.3 Å². The first-order chi connectivity index (χ1) is 17.9. The second kappa shape index (κ2) is 12.0. The lowest BCUT2D eigenvalue weighted by molar-refractivity contribution is -0.137. The number of benzene rings is 2. The van der Waals surface area contributed by atoms with E-state index in [1.165, 1.54) is 12.1 Å². The average molecular weight is 505 g/mol. The number of nitrogens with zero attached hydrogens (tertiary/aromatic N) is 1. The molecule has 1 aliphatic rings. The van der Waals surface area contributed by atoms with Crippen molar-refractivity contribution in [1.82, 2.24) is 4.98 Å². The number of carbonyl (C=O) groups is 2. The topological polar surface area (TPSA) is 88.5 Å². The number of aryl methyl sites for hydroxylation is 1. The monoisotopic (exact) mass is 504 g/mol. The molecular formula is C30H33FN2O4. The average Bonchev–Trinajstić information content (AvgIpc) is 3.40. The van der Waals surface area contributed by atoms with Gasteiger partial charge in [0.1, 0.15) is 11.6 Å². The summed E-state index contributed by atoms with van der Waals surface area (Å²) in [5, 5.41) is 12.0. The van der Waals surface area contributed by atoms with E-state index in [0.29, 0.717) is 29.2 Å². The molecule has 0 bridgehead atoms. The summed E-state index contributed by atoms with van der Waals surface area (Å²) in [6.45, 7) is 4.28. The Kier molecular flexibility index (Phi) is 8.54. The molecule has 1 atom stereocenters. The van der Waals surface area contributed by atoms with Gasteiger partial charge in [-0.05, 0) is 79.5 Å². The Balaban J connectivity index is 1.59. The van der Waals surface area contributed by atoms with Crippen LogP contribution in [-0.2, 0) is 16.0 Å². The number of carboxylic acid groups (broad SMARTS) is 1. The highest BCUT2D eigenvalue weighted by Crippen LogP contribution is 2.39. The van der Waals surface area contributed by atoms with Crippen molar-refractivity contribution < 1.29 is 23.8 Å². The highest BCUT2D eigenvalue weighted by atomic mass is 19.1. The van der Waals surface area contributed by atoms with E-state index in [1.807, 2.05) is 37.3 Å². The third kappa shape index (κ3) is 6.53. The van der Waals surface area contributed by atoms with Crippen LogP contribution in [0.2, 0.25) is 0 Å². The normalized spacial score (nSPS) is 14.4. The molecule has 194 valence electrons. The maximum absolute atomic E-state index is 14.4. The maximum Gasteiger partial charge on any atom is 0.303 e. The molecule has 6 nitrogen and oxygen atoms in total. The molecule has 1 saturated carbocycles. The smallest absolute Gasteiger partial charge is 0.303 e. The van der Waals surface area contributed by atoms with Crippen molar-refractivity contribution in [1.29, 1.82) is 0 Å². The molecule has 2 aromatic carbocycles. The van der Waals surface area contributed by atoms with Crippen LogP contribution in [0, 0.1) is 18.7 Å². The van der Waals surface area contributed by atoms with Crippen molar-refractivity contribution >= 4 is 17.6 Å². The maximum atomic E-state index is 14.4. The number of nitrogens with one attached hydrogen (secondary N) is 1.